The van der Waals surface area contributed by atoms with Crippen molar-refractivity contribution in [3.63, 3.8) is 0 Å². The van der Waals surface area contributed by atoms with E-state index in [9.17, 15) is 18.0 Å². The number of hydrogen-bond donors (Lipinski definition) is 1. The predicted molar refractivity (Wildman–Crippen MR) is 63.0 cm³/mol. The number of nitrogens with zero attached hydrogens (tertiary/aromatic N) is 1. The number of carbonyl (C=O) groups is 1. The lowest BCUT2D eigenvalue weighted by Gasteiger charge is -2.25. The monoisotopic (exact) mass is 274 g/mol. The first-order valence-electron chi connectivity index (χ1n) is 5.03. The van der Waals surface area contributed by atoms with Crippen LogP contribution < -0.4 is 5.73 Å². The van der Waals surface area contributed by atoms with Crippen molar-refractivity contribution in [2.24, 2.45) is 5.73 Å². The highest BCUT2D eigenvalue weighted by atomic mass is 35.5. The first-order chi connectivity index (χ1) is 7.31. The molecule has 0 aromatic heterocycles. The maximum Gasteiger partial charge on any atom is 0.406 e. The zero-order valence-corrected chi connectivity index (χ0v) is 10.5. The molecule has 0 aliphatic carbocycles. The molecule has 17 heavy (non-hydrogen) atoms. The summed E-state index contributed by atoms with van der Waals surface area (Å²) in [4.78, 5) is 12.2. The molecule has 0 aliphatic heterocycles. The van der Waals surface area contributed by atoms with Gasteiger partial charge in [0, 0.05) is 6.54 Å². The summed E-state index contributed by atoms with van der Waals surface area (Å²) in [6.45, 7) is 3.70. The Labute approximate surface area is 105 Å². The maximum absolute atomic E-state index is 12.2. The zero-order chi connectivity index (χ0) is 12.8. The molecule has 1 unspecified atom stereocenters. The Morgan fingerprint density at radius 2 is 2.06 bits per heavy atom. The smallest absolute Gasteiger partial charge is 0.329 e. The van der Waals surface area contributed by atoms with E-state index in [0.29, 0.717) is 17.7 Å². The Hall–Kier alpha value is -0.750. The third kappa shape index (κ3) is 8.04. The Morgan fingerprint density at radius 3 is 2.41 bits per heavy atom. The van der Waals surface area contributed by atoms with Crippen LogP contribution >= 0.6 is 12.4 Å². The zero-order valence-electron chi connectivity index (χ0n) is 9.67. The van der Waals surface area contributed by atoms with Crippen LogP contribution in [0.25, 0.3) is 0 Å². The van der Waals surface area contributed by atoms with Gasteiger partial charge in [0.05, 0.1) is 6.04 Å². The number of alkyl halides is 3. The molecular weight excluding hydrogens is 257 g/mol. The molecule has 0 aromatic rings. The lowest BCUT2D eigenvalue weighted by atomic mass is 10.1. The van der Waals surface area contributed by atoms with E-state index in [2.05, 4.69) is 6.58 Å². The normalized spacial score (nSPS) is 12.5. The fourth-order valence-electron chi connectivity index (χ4n) is 1.27. The lowest BCUT2D eigenvalue weighted by molar-refractivity contribution is -0.160. The van der Waals surface area contributed by atoms with Gasteiger partial charge in [-0.2, -0.15) is 13.2 Å². The van der Waals surface area contributed by atoms with E-state index < -0.39 is 24.7 Å². The molecule has 2 N–H and O–H groups in total. The number of hydrogen-bond acceptors (Lipinski definition) is 2. The summed E-state index contributed by atoms with van der Waals surface area (Å²) in [7, 11) is 0. The molecule has 0 saturated carbocycles. The summed E-state index contributed by atoms with van der Waals surface area (Å²) in [5.41, 5.74) is 5.48. The van der Waals surface area contributed by atoms with Crippen molar-refractivity contribution >= 4 is 18.3 Å². The molecule has 0 rings (SSSR count). The van der Waals surface area contributed by atoms with Crippen molar-refractivity contribution in [3.8, 4) is 0 Å². The van der Waals surface area contributed by atoms with Gasteiger partial charge in [-0.1, -0.05) is 19.4 Å². The SMILES string of the molecule is C=CCN(CC(F)(F)F)C(=O)C(N)CCC.Cl. The summed E-state index contributed by atoms with van der Waals surface area (Å²) in [5, 5.41) is 0. The molecule has 0 spiro atoms. The summed E-state index contributed by atoms with van der Waals surface area (Å²) in [5.74, 6) is -0.681. The third-order valence-electron chi connectivity index (χ3n) is 1.95. The molecule has 3 nitrogen and oxygen atoms in total. The minimum Gasteiger partial charge on any atom is -0.329 e. The Bertz CT molecular complexity index is 246. The molecule has 7 heteroatoms. The lowest BCUT2D eigenvalue weighted by Crippen LogP contribution is -2.47. The van der Waals surface area contributed by atoms with Gasteiger partial charge in [-0.15, -0.1) is 19.0 Å². The summed E-state index contributed by atoms with van der Waals surface area (Å²) < 4.78 is 36.5. The van der Waals surface area contributed by atoms with Crippen LogP contribution in [0.15, 0.2) is 12.7 Å². The molecule has 0 aliphatic rings. The first kappa shape index (κ1) is 18.6. The van der Waals surface area contributed by atoms with Crippen LogP contribution in [0.5, 0.6) is 0 Å². The van der Waals surface area contributed by atoms with Crippen molar-refractivity contribution in [2.75, 3.05) is 13.1 Å². The van der Waals surface area contributed by atoms with Gasteiger partial charge in [0.1, 0.15) is 6.54 Å². The van der Waals surface area contributed by atoms with Gasteiger partial charge in [-0.25, -0.2) is 0 Å². The fraction of sp³-hybridized carbons (Fsp3) is 0.700. The van der Waals surface area contributed by atoms with E-state index in [4.69, 9.17) is 5.73 Å². The summed E-state index contributed by atoms with van der Waals surface area (Å²) >= 11 is 0. The molecular formula is C10H18ClF3N2O. The molecule has 0 bridgehead atoms. The minimum absolute atomic E-state index is 0. The topological polar surface area (TPSA) is 46.3 Å². The van der Waals surface area contributed by atoms with Crippen LogP contribution in [0.2, 0.25) is 0 Å². The van der Waals surface area contributed by atoms with E-state index >= 15 is 0 Å². The van der Waals surface area contributed by atoms with E-state index in [0.717, 1.165) is 0 Å². The van der Waals surface area contributed by atoms with Crippen LogP contribution in [-0.2, 0) is 4.79 Å². The molecule has 1 atom stereocenters. The van der Waals surface area contributed by atoms with Crippen molar-refractivity contribution in [2.45, 2.75) is 32.0 Å². The molecule has 0 radical (unpaired) electrons. The largest absolute Gasteiger partial charge is 0.406 e. The molecule has 0 heterocycles. The standard InChI is InChI=1S/C10H17F3N2O.ClH/c1-3-5-8(14)9(16)15(6-4-2)7-10(11,12)13;/h4,8H,2-3,5-7,14H2,1H3;1H. The van der Waals surface area contributed by atoms with Gasteiger partial charge in [-0.05, 0) is 6.42 Å². The second kappa shape index (κ2) is 8.36. The van der Waals surface area contributed by atoms with Crippen LogP contribution in [0.1, 0.15) is 19.8 Å². The predicted octanol–water partition coefficient (Wildman–Crippen LogP) is 2.11. The maximum atomic E-state index is 12.2. The average molecular weight is 275 g/mol. The number of carbonyl (C=O) groups excluding carboxylic acids is 1. The van der Waals surface area contributed by atoms with Gasteiger partial charge in [0.15, 0.2) is 0 Å². The second-order valence-electron chi connectivity index (χ2n) is 3.52. The van der Waals surface area contributed by atoms with Gasteiger partial charge in [0.25, 0.3) is 0 Å². The molecule has 102 valence electrons. The van der Waals surface area contributed by atoms with E-state index in [1.165, 1.54) is 6.08 Å². The van der Waals surface area contributed by atoms with Crippen molar-refractivity contribution in [1.82, 2.24) is 4.90 Å². The van der Waals surface area contributed by atoms with Gasteiger partial charge in [-0.3, -0.25) is 4.79 Å². The quantitative estimate of drug-likeness (QED) is 0.754. The number of halogens is 4. The molecule has 1 amide bonds. The Kier molecular flexibility index (Phi) is 9.15. The highest BCUT2D eigenvalue weighted by Gasteiger charge is 2.33. The van der Waals surface area contributed by atoms with E-state index in [-0.39, 0.29) is 19.0 Å². The van der Waals surface area contributed by atoms with Gasteiger partial charge in [0.2, 0.25) is 5.91 Å². The minimum atomic E-state index is -4.41. The highest BCUT2D eigenvalue weighted by molar-refractivity contribution is 5.85. The Morgan fingerprint density at radius 1 is 1.53 bits per heavy atom. The summed E-state index contributed by atoms with van der Waals surface area (Å²) in [6, 6.07) is -0.868. The van der Waals surface area contributed by atoms with Crippen LogP contribution in [-0.4, -0.2) is 36.1 Å². The van der Waals surface area contributed by atoms with Crippen molar-refractivity contribution < 1.29 is 18.0 Å². The molecule has 0 aromatic carbocycles. The summed E-state index contributed by atoms with van der Waals surface area (Å²) in [6.07, 6.45) is -2.13. The van der Waals surface area contributed by atoms with Gasteiger partial charge < -0.3 is 10.6 Å². The van der Waals surface area contributed by atoms with E-state index in [1.54, 1.807) is 0 Å². The average Bonchev–Trinajstić information content (AvgIpc) is 2.14. The first-order valence-corrected chi connectivity index (χ1v) is 5.03. The second-order valence-corrected chi connectivity index (χ2v) is 3.52. The van der Waals surface area contributed by atoms with Gasteiger partial charge >= 0.3 is 6.18 Å². The molecule has 0 fully saturated rings. The Balaban J connectivity index is 0. The van der Waals surface area contributed by atoms with E-state index in [1.807, 2.05) is 6.92 Å². The van der Waals surface area contributed by atoms with Crippen molar-refractivity contribution in [1.29, 1.82) is 0 Å². The number of rotatable bonds is 6. The van der Waals surface area contributed by atoms with Crippen LogP contribution in [0.3, 0.4) is 0 Å². The fourth-order valence-corrected chi connectivity index (χ4v) is 1.27. The third-order valence-corrected chi connectivity index (χ3v) is 1.95. The molecule has 0 saturated heterocycles. The highest BCUT2D eigenvalue weighted by Crippen LogP contribution is 2.17. The number of amides is 1. The van der Waals surface area contributed by atoms with Crippen molar-refractivity contribution in [3.05, 3.63) is 12.7 Å². The number of nitrogens with two attached hydrogens (primary N) is 1. The van der Waals surface area contributed by atoms with Crippen LogP contribution in [0.4, 0.5) is 13.2 Å². The van der Waals surface area contributed by atoms with Crippen LogP contribution in [0, 0.1) is 0 Å².